The van der Waals surface area contributed by atoms with Crippen molar-refractivity contribution in [2.75, 3.05) is 0 Å². The van der Waals surface area contributed by atoms with Crippen LogP contribution >= 0.6 is 0 Å². The van der Waals surface area contributed by atoms with Crippen molar-refractivity contribution in [1.29, 1.82) is 0 Å². The Morgan fingerprint density at radius 2 is 0.771 bits per heavy atom. The number of nitrogens with zero attached hydrogens (tertiary/aromatic N) is 4. The van der Waals surface area contributed by atoms with Crippen LogP contribution in [-0.4, -0.2) is 19.1 Å². The molecule has 7 aromatic carbocycles. The van der Waals surface area contributed by atoms with Gasteiger partial charge in [0, 0.05) is 38.5 Å². The molecule has 0 aliphatic carbocycles. The van der Waals surface area contributed by atoms with Gasteiger partial charge in [-0.05, 0) is 65.7 Å². The van der Waals surface area contributed by atoms with Gasteiger partial charge in [-0.2, -0.15) is 0 Å². The average molecular weight is 613 g/mol. The van der Waals surface area contributed by atoms with Crippen LogP contribution in [0.4, 0.5) is 0 Å². The highest BCUT2D eigenvalue weighted by Crippen LogP contribution is 2.38. The summed E-state index contributed by atoms with van der Waals surface area (Å²) in [6.07, 6.45) is 1.86. The molecule has 10 aromatic rings. The first-order chi connectivity index (χ1) is 23.8. The van der Waals surface area contributed by atoms with E-state index < -0.39 is 0 Å². The second-order valence-corrected chi connectivity index (χ2v) is 12.3. The van der Waals surface area contributed by atoms with Gasteiger partial charge in [-0.1, -0.05) is 109 Å². The number of fused-ring (bicyclic) bond motifs is 7. The number of rotatable bonds is 4. The van der Waals surface area contributed by atoms with Crippen molar-refractivity contribution in [2.45, 2.75) is 0 Å². The molecule has 10 rings (SSSR count). The second kappa shape index (κ2) is 10.5. The van der Waals surface area contributed by atoms with Crippen molar-refractivity contribution in [1.82, 2.24) is 19.1 Å². The highest BCUT2D eigenvalue weighted by molar-refractivity contribution is 6.10. The van der Waals surface area contributed by atoms with E-state index in [4.69, 9.17) is 4.98 Å². The van der Waals surface area contributed by atoms with Crippen LogP contribution in [-0.2, 0) is 0 Å². The monoisotopic (exact) mass is 612 g/mol. The van der Waals surface area contributed by atoms with Gasteiger partial charge in [0.2, 0.25) is 0 Å². The first-order valence-electron chi connectivity index (χ1n) is 16.2. The molecule has 3 heterocycles. The van der Waals surface area contributed by atoms with Gasteiger partial charge in [0.25, 0.3) is 0 Å². The molecule has 0 unspecified atom stereocenters. The molecule has 0 atom stereocenters. The number of para-hydroxylation sites is 6. The van der Waals surface area contributed by atoms with Crippen molar-refractivity contribution in [3.8, 4) is 33.8 Å². The van der Waals surface area contributed by atoms with Gasteiger partial charge in [0.1, 0.15) is 0 Å². The molecule has 48 heavy (non-hydrogen) atoms. The maximum atomic E-state index is 4.89. The molecule has 0 saturated carbocycles. The maximum Gasteiger partial charge on any atom is 0.0894 e. The van der Waals surface area contributed by atoms with Crippen LogP contribution in [0.1, 0.15) is 0 Å². The largest absolute Gasteiger partial charge is 0.309 e. The lowest BCUT2D eigenvalue weighted by Crippen LogP contribution is -2.00. The lowest BCUT2D eigenvalue weighted by atomic mass is 10.0. The lowest BCUT2D eigenvalue weighted by molar-refractivity contribution is 1.13. The standard InChI is InChI=1S/C44H28N4/c1-7-17-41-34(11-1)35-12-2-8-18-42(35)47(41)32-25-31(29-21-23-30(24-22-29)40-28-45-38-15-5-6-16-39(38)46-40)26-33(27-32)48-43-19-9-3-13-36(43)37-14-4-10-20-44(37)48/h1-28H. The van der Waals surface area contributed by atoms with E-state index in [1.165, 1.54) is 43.6 Å². The molecule has 4 heteroatoms. The predicted octanol–water partition coefficient (Wildman–Crippen LogP) is 11.2. The highest BCUT2D eigenvalue weighted by Gasteiger charge is 2.17. The average Bonchev–Trinajstić information content (AvgIpc) is 3.68. The maximum absolute atomic E-state index is 4.89. The van der Waals surface area contributed by atoms with E-state index in [9.17, 15) is 0 Å². The summed E-state index contributed by atoms with van der Waals surface area (Å²) in [7, 11) is 0. The molecule has 0 radical (unpaired) electrons. The topological polar surface area (TPSA) is 35.6 Å². The Labute approximate surface area is 276 Å². The van der Waals surface area contributed by atoms with E-state index in [1.54, 1.807) is 0 Å². The first-order valence-corrected chi connectivity index (χ1v) is 16.2. The normalized spacial score (nSPS) is 11.8. The van der Waals surface area contributed by atoms with E-state index in [-0.39, 0.29) is 0 Å². The smallest absolute Gasteiger partial charge is 0.0894 e. The Kier molecular flexibility index (Phi) is 5.84. The lowest BCUT2D eigenvalue weighted by Gasteiger charge is -2.16. The van der Waals surface area contributed by atoms with Crippen LogP contribution in [0.3, 0.4) is 0 Å². The fraction of sp³-hybridized carbons (Fsp3) is 0. The van der Waals surface area contributed by atoms with Crippen molar-refractivity contribution >= 4 is 54.6 Å². The van der Waals surface area contributed by atoms with Gasteiger partial charge < -0.3 is 9.13 Å². The van der Waals surface area contributed by atoms with Crippen LogP contribution in [0.5, 0.6) is 0 Å². The summed E-state index contributed by atoms with van der Waals surface area (Å²) >= 11 is 0. The summed E-state index contributed by atoms with van der Waals surface area (Å²) in [5, 5.41) is 4.99. The minimum Gasteiger partial charge on any atom is -0.309 e. The molecule has 224 valence electrons. The third-order valence-electron chi connectivity index (χ3n) is 9.54. The zero-order chi connectivity index (χ0) is 31.6. The van der Waals surface area contributed by atoms with Crippen LogP contribution in [0.2, 0.25) is 0 Å². The molecule has 0 fully saturated rings. The Balaban J connectivity index is 1.22. The third kappa shape index (κ3) is 4.10. The molecule has 0 amide bonds. The molecule has 0 aliphatic heterocycles. The molecular formula is C44H28N4. The van der Waals surface area contributed by atoms with E-state index >= 15 is 0 Å². The van der Waals surface area contributed by atoms with Gasteiger partial charge >= 0.3 is 0 Å². The molecule has 0 bridgehead atoms. The van der Waals surface area contributed by atoms with Crippen molar-refractivity contribution < 1.29 is 0 Å². The summed E-state index contributed by atoms with van der Waals surface area (Å²) < 4.78 is 4.81. The molecule has 0 aliphatic rings. The molecule has 0 N–H and O–H groups in total. The highest BCUT2D eigenvalue weighted by atomic mass is 15.0. The van der Waals surface area contributed by atoms with Crippen LogP contribution < -0.4 is 0 Å². The van der Waals surface area contributed by atoms with Crippen molar-refractivity contribution in [2.24, 2.45) is 0 Å². The van der Waals surface area contributed by atoms with Gasteiger partial charge in [0.15, 0.2) is 0 Å². The summed E-state index contributed by atoms with van der Waals surface area (Å²) in [4.78, 5) is 9.54. The number of aromatic nitrogens is 4. The number of hydrogen-bond acceptors (Lipinski definition) is 2. The fourth-order valence-corrected chi connectivity index (χ4v) is 7.35. The summed E-state index contributed by atoms with van der Waals surface area (Å²) in [5.74, 6) is 0. The Morgan fingerprint density at radius 3 is 1.27 bits per heavy atom. The van der Waals surface area contributed by atoms with Crippen LogP contribution in [0, 0.1) is 0 Å². The first kappa shape index (κ1) is 26.7. The summed E-state index contributed by atoms with van der Waals surface area (Å²) in [6, 6.07) is 58.5. The zero-order valence-corrected chi connectivity index (χ0v) is 26.0. The number of benzene rings is 7. The van der Waals surface area contributed by atoms with Gasteiger partial charge in [-0.3, -0.25) is 4.98 Å². The molecule has 0 spiro atoms. The quantitative estimate of drug-likeness (QED) is 0.198. The van der Waals surface area contributed by atoms with E-state index in [0.29, 0.717) is 0 Å². The second-order valence-electron chi connectivity index (χ2n) is 12.3. The fourth-order valence-electron chi connectivity index (χ4n) is 7.35. The Morgan fingerprint density at radius 1 is 0.354 bits per heavy atom. The summed E-state index contributed by atoms with van der Waals surface area (Å²) in [6.45, 7) is 0. The zero-order valence-electron chi connectivity index (χ0n) is 26.0. The van der Waals surface area contributed by atoms with Crippen LogP contribution in [0.15, 0.2) is 170 Å². The third-order valence-corrected chi connectivity index (χ3v) is 9.54. The Bertz CT molecular complexity index is 2600. The predicted molar refractivity (Wildman–Crippen MR) is 199 cm³/mol. The molecule has 0 saturated heterocycles. The van der Waals surface area contributed by atoms with Crippen molar-refractivity contribution in [3.63, 3.8) is 0 Å². The van der Waals surface area contributed by atoms with Crippen molar-refractivity contribution in [3.05, 3.63) is 170 Å². The summed E-state index contributed by atoms with van der Waals surface area (Å²) in [5.41, 5.74) is 13.0. The SMILES string of the molecule is c1ccc2nc(-c3ccc(-c4cc(-n5c6ccccc6c6ccccc65)cc(-n5c6ccccc6c6ccccc65)c4)cc3)cnc2c1. The van der Waals surface area contributed by atoms with Gasteiger partial charge in [-0.15, -0.1) is 0 Å². The number of hydrogen-bond donors (Lipinski definition) is 0. The van der Waals surface area contributed by atoms with Crippen LogP contribution in [0.25, 0.3) is 88.4 Å². The minimum absolute atomic E-state index is 0.866. The van der Waals surface area contributed by atoms with Gasteiger partial charge in [0.05, 0.1) is 45.0 Å². The van der Waals surface area contributed by atoms with E-state index in [1.807, 2.05) is 30.5 Å². The Hall–Kier alpha value is -6.52. The molecule has 4 nitrogen and oxygen atoms in total. The minimum atomic E-state index is 0.866. The molecular weight excluding hydrogens is 585 g/mol. The molecule has 3 aromatic heterocycles. The van der Waals surface area contributed by atoms with E-state index in [0.717, 1.165) is 44.8 Å². The van der Waals surface area contributed by atoms with Gasteiger partial charge in [-0.25, -0.2) is 4.98 Å². The van der Waals surface area contributed by atoms with E-state index in [2.05, 4.69) is 154 Å².